The molecule has 20 heavy (non-hydrogen) atoms. The van der Waals surface area contributed by atoms with E-state index >= 15 is 0 Å². The first-order chi connectivity index (χ1) is 9.18. The lowest BCUT2D eigenvalue weighted by atomic mass is 9.62. The summed E-state index contributed by atoms with van der Waals surface area (Å²) in [6.45, 7) is 16.2. The monoisotopic (exact) mass is 274 g/mol. The average molecular weight is 274 g/mol. The third-order valence-corrected chi connectivity index (χ3v) is 4.45. The highest BCUT2D eigenvalue weighted by molar-refractivity contribution is 5.15. The SMILES string of the molecule is C=C[C@@]1(C)CC[C@H](/C=C/C=C/C(C)(C)O)C[C@@H]1C(=C)C. The van der Waals surface area contributed by atoms with Crippen molar-refractivity contribution in [3.63, 3.8) is 0 Å². The van der Waals surface area contributed by atoms with Crippen molar-refractivity contribution in [2.75, 3.05) is 0 Å². The topological polar surface area (TPSA) is 20.2 Å². The fraction of sp³-hybridized carbons (Fsp3) is 0.579. The molecule has 3 atom stereocenters. The molecule has 0 aliphatic heterocycles. The van der Waals surface area contributed by atoms with Gasteiger partial charge >= 0.3 is 0 Å². The van der Waals surface area contributed by atoms with Crippen LogP contribution in [0.3, 0.4) is 0 Å². The van der Waals surface area contributed by atoms with E-state index in [9.17, 15) is 5.11 Å². The van der Waals surface area contributed by atoms with Crippen LogP contribution in [-0.2, 0) is 0 Å². The predicted molar refractivity (Wildman–Crippen MR) is 88.5 cm³/mol. The van der Waals surface area contributed by atoms with E-state index in [1.165, 1.54) is 12.0 Å². The summed E-state index contributed by atoms with van der Waals surface area (Å²) in [6.07, 6.45) is 13.7. The number of rotatable bonds is 5. The summed E-state index contributed by atoms with van der Waals surface area (Å²) in [6, 6.07) is 0. The molecule has 0 radical (unpaired) electrons. The zero-order chi connectivity index (χ0) is 15.4. The summed E-state index contributed by atoms with van der Waals surface area (Å²) in [5.74, 6) is 1.11. The molecule has 1 saturated carbocycles. The van der Waals surface area contributed by atoms with Gasteiger partial charge in [0.25, 0.3) is 0 Å². The van der Waals surface area contributed by atoms with Crippen LogP contribution in [0.4, 0.5) is 0 Å². The Kier molecular flexibility index (Phi) is 5.59. The van der Waals surface area contributed by atoms with E-state index in [0.29, 0.717) is 11.8 Å². The normalized spacial score (nSPS) is 31.9. The lowest BCUT2D eigenvalue weighted by molar-refractivity contribution is 0.133. The van der Waals surface area contributed by atoms with E-state index in [2.05, 4.69) is 45.2 Å². The van der Waals surface area contributed by atoms with Gasteiger partial charge in [0.15, 0.2) is 0 Å². The van der Waals surface area contributed by atoms with Gasteiger partial charge in [-0.15, -0.1) is 6.58 Å². The van der Waals surface area contributed by atoms with Crippen molar-refractivity contribution in [2.24, 2.45) is 17.3 Å². The Hall–Kier alpha value is -1.08. The first-order valence-electron chi connectivity index (χ1n) is 7.55. The lowest BCUT2D eigenvalue weighted by Gasteiger charge is -2.42. The van der Waals surface area contributed by atoms with Crippen LogP contribution in [0.15, 0.2) is 49.1 Å². The molecule has 0 aromatic rings. The maximum Gasteiger partial charge on any atom is 0.0774 e. The van der Waals surface area contributed by atoms with Gasteiger partial charge in [-0.3, -0.25) is 0 Å². The zero-order valence-corrected chi connectivity index (χ0v) is 13.5. The molecule has 0 spiro atoms. The van der Waals surface area contributed by atoms with Gasteiger partial charge in [0.05, 0.1) is 5.60 Å². The van der Waals surface area contributed by atoms with E-state index in [1.54, 1.807) is 13.8 Å². The van der Waals surface area contributed by atoms with Gasteiger partial charge in [-0.2, -0.15) is 0 Å². The molecule has 0 heterocycles. The van der Waals surface area contributed by atoms with Crippen LogP contribution >= 0.6 is 0 Å². The number of aliphatic hydroxyl groups is 1. The standard InChI is InChI=1S/C19H30O/c1-7-19(6)13-11-16(14-17(19)15(2)3)10-8-9-12-18(4,5)20/h7-10,12,16-17,20H,1-2,11,13-14H2,3-6H3/b10-8+,12-9+/t16-,17+,19-/m0/s1. The van der Waals surface area contributed by atoms with Gasteiger partial charge in [-0.1, -0.05) is 49.5 Å². The van der Waals surface area contributed by atoms with E-state index in [0.717, 1.165) is 12.8 Å². The van der Waals surface area contributed by atoms with Gasteiger partial charge < -0.3 is 5.11 Å². The zero-order valence-electron chi connectivity index (χ0n) is 13.5. The van der Waals surface area contributed by atoms with Crippen LogP contribution in [0, 0.1) is 17.3 Å². The molecule has 1 heteroatoms. The second-order valence-corrected chi connectivity index (χ2v) is 7.04. The van der Waals surface area contributed by atoms with Crippen molar-refractivity contribution in [1.29, 1.82) is 0 Å². The second-order valence-electron chi connectivity index (χ2n) is 7.04. The van der Waals surface area contributed by atoms with Gasteiger partial charge in [0.2, 0.25) is 0 Å². The van der Waals surface area contributed by atoms with Crippen LogP contribution in [0.5, 0.6) is 0 Å². The first-order valence-corrected chi connectivity index (χ1v) is 7.55. The molecule has 1 nitrogen and oxygen atoms in total. The largest absolute Gasteiger partial charge is 0.386 e. The van der Waals surface area contributed by atoms with Crippen LogP contribution in [0.2, 0.25) is 0 Å². The fourth-order valence-corrected chi connectivity index (χ4v) is 3.06. The molecule has 0 unspecified atom stereocenters. The molecule has 1 aliphatic carbocycles. The Labute approximate surface area is 124 Å². The summed E-state index contributed by atoms with van der Waals surface area (Å²) in [5, 5.41) is 9.63. The second kappa shape index (κ2) is 6.58. The molecule has 112 valence electrons. The summed E-state index contributed by atoms with van der Waals surface area (Å²) in [4.78, 5) is 0. The summed E-state index contributed by atoms with van der Waals surface area (Å²) < 4.78 is 0. The molecule has 0 aromatic heterocycles. The van der Waals surface area contributed by atoms with Gasteiger partial charge in [0, 0.05) is 0 Å². The van der Waals surface area contributed by atoms with E-state index in [-0.39, 0.29) is 5.41 Å². The van der Waals surface area contributed by atoms with E-state index in [4.69, 9.17) is 0 Å². The lowest BCUT2D eigenvalue weighted by Crippen LogP contribution is -2.32. The Morgan fingerprint density at radius 2 is 2.00 bits per heavy atom. The van der Waals surface area contributed by atoms with E-state index in [1.807, 2.05) is 12.2 Å². The minimum absolute atomic E-state index is 0.194. The highest BCUT2D eigenvalue weighted by Crippen LogP contribution is 2.47. The molecular formula is C19H30O. The third-order valence-electron chi connectivity index (χ3n) is 4.45. The van der Waals surface area contributed by atoms with E-state index < -0.39 is 5.60 Å². The van der Waals surface area contributed by atoms with Crippen molar-refractivity contribution in [3.05, 3.63) is 49.1 Å². The number of hydrogen-bond donors (Lipinski definition) is 1. The smallest absolute Gasteiger partial charge is 0.0774 e. The molecular weight excluding hydrogens is 244 g/mol. The van der Waals surface area contributed by atoms with Gasteiger partial charge in [0.1, 0.15) is 0 Å². The average Bonchev–Trinajstić information content (AvgIpc) is 2.35. The predicted octanol–water partition coefficient (Wildman–Crippen LogP) is 5.05. The van der Waals surface area contributed by atoms with Gasteiger partial charge in [-0.25, -0.2) is 0 Å². The van der Waals surface area contributed by atoms with Crippen molar-refractivity contribution in [3.8, 4) is 0 Å². The summed E-state index contributed by atoms with van der Waals surface area (Å²) in [7, 11) is 0. The quantitative estimate of drug-likeness (QED) is 0.549. The minimum atomic E-state index is -0.738. The highest BCUT2D eigenvalue weighted by Gasteiger charge is 2.37. The number of hydrogen-bond acceptors (Lipinski definition) is 1. The maximum absolute atomic E-state index is 9.63. The molecule has 0 saturated heterocycles. The fourth-order valence-electron chi connectivity index (χ4n) is 3.06. The van der Waals surface area contributed by atoms with Crippen LogP contribution in [0.25, 0.3) is 0 Å². The molecule has 1 rings (SSSR count). The summed E-state index contributed by atoms with van der Waals surface area (Å²) in [5.41, 5.74) is 0.718. The molecule has 0 bridgehead atoms. The van der Waals surface area contributed by atoms with Crippen LogP contribution in [0.1, 0.15) is 47.0 Å². The Bertz CT molecular complexity index is 408. The molecule has 1 fully saturated rings. The molecule has 1 N–H and O–H groups in total. The van der Waals surface area contributed by atoms with Crippen molar-refractivity contribution < 1.29 is 5.11 Å². The van der Waals surface area contributed by atoms with Crippen LogP contribution < -0.4 is 0 Å². The highest BCUT2D eigenvalue weighted by atomic mass is 16.3. The first kappa shape index (κ1) is 17.0. The van der Waals surface area contributed by atoms with Crippen LogP contribution in [-0.4, -0.2) is 10.7 Å². The number of allylic oxidation sites excluding steroid dienone is 5. The Morgan fingerprint density at radius 1 is 1.35 bits per heavy atom. The molecule has 0 amide bonds. The molecule has 0 aromatic carbocycles. The Morgan fingerprint density at radius 3 is 2.50 bits per heavy atom. The third kappa shape index (κ3) is 4.79. The molecule has 1 aliphatic rings. The van der Waals surface area contributed by atoms with Crippen molar-refractivity contribution >= 4 is 0 Å². The van der Waals surface area contributed by atoms with Crippen molar-refractivity contribution in [1.82, 2.24) is 0 Å². The minimum Gasteiger partial charge on any atom is -0.386 e. The Balaban J connectivity index is 2.68. The maximum atomic E-state index is 9.63. The van der Waals surface area contributed by atoms with Gasteiger partial charge in [-0.05, 0) is 57.3 Å². The summed E-state index contributed by atoms with van der Waals surface area (Å²) >= 11 is 0. The van der Waals surface area contributed by atoms with Crippen molar-refractivity contribution in [2.45, 2.75) is 52.6 Å².